The van der Waals surface area contributed by atoms with E-state index in [0.29, 0.717) is 0 Å². The molecule has 0 bridgehead atoms. The van der Waals surface area contributed by atoms with Crippen molar-refractivity contribution in [1.29, 1.82) is 0 Å². The number of hydrogen-bond acceptors (Lipinski definition) is 4. The highest BCUT2D eigenvalue weighted by atomic mass is 32.1. The second-order valence-corrected chi connectivity index (χ2v) is 15.4. The van der Waals surface area contributed by atoms with Crippen molar-refractivity contribution in [3.8, 4) is 22.3 Å². The van der Waals surface area contributed by atoms with Crippen LogP contribution < -0.4 is 4.90 Å². The van der Waals surface area contributed by atoms with Gasteiger partial charge >= 0.3 is 0 Å². The molecular formula is C48H29NOS2. The Morgan fingerprint density at radius 1 is 0.385 bits per heavy atom. The highest BCUT2D eigenvalue weighted by Crippen LogP contribution is 2.46. The SMILES string of the molecule is c1cc(-c2ccc3oc4ccccc4c3c2)cc(N(c2ccc(-c3cccc4sc5ccccc5c34)cc2)c2cccc3c2sc2ccccc23)c1. The van der Waals surface area contributed by atoms with Crippen LogP contribution in [-0.4, -0.2) is 0 Å². The van der Waals surface area contributed by atoms with Crippen LogP contribution >= 0.6 is 22.7 Å². The number of anilines is 3. The molecule has 0 fully saturated rings. The van der Waals surface area contributed by atoms with Crippen molar-refractivity contribution >= 4 is 102 Å². The Bertz CT molecular complexity index is 3150. The van der Waals surface area contributed by atoms with E-state index in [4.69, 9.17) is 4.42 Å². The predicted octanol–water partition coefficient (Wildman–Crippen LogP) is 15.1. The first-order valence-electron chi connectivity index (χ1n) is 17.5. The summed E-state index contributed by atoms with van der Waals surface area (Å²) in [6.07, 6.45) is 0. The van der Waals surface area contributed by atoms with Gasteiger partial charge in [0.1, 0.15) is 11.2 Å². The molecule has 0 saturated carbocycles. The fourth-order valence-corrected chi connectivity index (χ4v) is 10.2. The summed E-state index contributed by atoms with van der Waals surface area (Å²) in [5, 5.41) is 7.50. The molecule has 0 spiro atoms. The van der Waals surface area contributed by atoms with Crippen LogP contribution in [0.2, 0.25) is 0 Å². The van der Waals surface area contributed by atoms with Gasteiger partial charge in [0.15, 0.2) is 0 Å². The minimum atomic E-state index is 0.908. The first kappa shape index (κ1) is 29.5. The Labute approximate surface area is 308 Å². The summed E-state index contributed by atoms with van der Waals surface area (Å²) >= 11 is 3.73. The number of hydrogen-bond donors (Lipinski definition) is 0. The van der Waals surface area contributed by atoms with Gasteiger partial charge in [0.25, 0.3) is 0 Å². The molecule has 11 rings (SSSR count). The second-order valence-electron chi connectivity index (χ2n) is 13.3. The number of rotatable bonds is 5. The average Bonchev–Trinajstić information content (AvgIpc) is 3.90. The van der Waals surface area contributed by atoms with E-state index in [1.165, 1.54) is 57.2 Å². The minimum Gasteiger partial charge on any atom is -0.456 e. The zero-order valence-electron chi connectivity index (χ0n) is 27.9. The smallest absolute Gasteiger partial charge is 0.135 e. The standard InChI is InChI=1S/C48H29NOS2/c1-4-18-42-36(12-1)40-29-32(24-27-43(40)50-42)31-10-7-11-34(28-31)49(41-17-8-16-38-37-13-2-5-19-44(37)52-48(38)41)33-25-22-30(23-26-33)35-15-9-21-46-47(35)39-14-3-6-20-45(39)51-46/h1-29H. The quantitative estimate of drug-likeness (QED) is 0.178. The minimum absolute atomic E-state index is 0.908. The molecule has 0 aliphatic heterocycles. The van der Waals surface area contributed by atoms with Gasteiger partial charge in [0.05, 0.1) is 10.4 Å². The Kier molecular flexibility index (Phi) is 6.63. The molecule has 0 atom stereocenters. The lowest BCUT2D eigenvalue weighted by molar-refractivity contribution is 0.669. The molecular weight excluding hydrogens is 671 g/mol. The number of furan rings is 1. The van der Waals surface area contributed by atoms with Crippen molar-refractivity contribution in [2.45, 2.75) is 0 Å². The molecule has 0 radical (unpaired) electrons. The summed E-state index contributed by atoms with van der Waals surface area (Å²) in [6, 6.07) is 63.8. The van der Waals surface area contributed by atoms with Gasteiger partial charge in [-0.15, -0.1) is 22.7 Å². The first-order valence-corrected chi connectivity index (χ1v) is 19.1. The van der Waals surface area contributed by atoms with Crippen molar-refractivity contribution in [3.63, 3.8) is 0 Å². The van der Waals surface area contributed by atoms with Crippen LogP contribution in [0, 0.1) is 0 Å². The third-order valence-corrected chi connectivity index (χ3v) is 12.6. The molecule has 0 aliphatic carbocycles. The van der Waals surface area contributed by atoms with Gasteiger partial charge in [-0.3, -0.25) is 0 Å². The van der Waals surface area contributed by atoms with Crippen LogP contribution in [0.5, 0.6) is 0 Å². The van der Waals surface area contributed by atoms with Crippen molar-refractivity contribution in [3.05, 3.63) is 176 Å². The van der Waals surface area contributed by atoms with Gasteiger partial charge in [-0.1, -0.05) is 109 Å². The van der Waals surface area contributed by atoms with Crippen LogP contribution in [-0.2, 0) is 0 Å². The van der Waals surface area contributed by atoms with Crippen molar-refractivity contribution in [2.24, 2.45) is 0 Å². The maximum absolute atomic E-state index is 6.16. The van der Waals surface area contributed by atoms with E-state index in [1.807, 2.05) is 34.8 Å². The number of fused-ring (bicyclic) bond motifs is 9. The monoisotopic (exact) mass is 699 g/mol. The Morgan fingerprint density at radius 3 is 1.92 bits per heavy atom. The lowest BCUT2D eigenvalue weighted by atomic mass is 9.99. The highest BCUT2D eigenvalue weighted by Gasteiger charge is 2.20. The van der Waals surface area contributed by atoms with E-state index >= 15 is 0 Å². The van der Waals surface area contributed by atoms with Crippen LogP contribution in [0.3, 0.4) is 0 Å². The Hall–Kier alpha value is -6.20. The average molecular weight is 700 g/mol. The van der Waals surface area contributed by atoms with Crippen LogP contribution in [0.25, 0.3) is 84.5 Å². The van der Waals surface area contributed by atoms with E-state index in [-0.39, 0.29) is 0 Å². The van der Waals surface area contributed by atoms with Gasteiger partial charge in [-0.25, -0.2) is 0 Å². The largest absolute Gasteiger partial charge is 0.456 e. The predicted molar refractivity (Wildman–Crippen MR) is 225 cm³/mol. The topological polar surface area (TPSA) is 16.4 Å². The third-order valence-electron chi connectivity index (χ3n) is 10.3. The molecule has 0 unspecified atom stereocenters. The lowest BCUT2D eigenvalue weighted by Crippen LogP contribution is -2.10. The number of thiophene rings is 2. The van der Waals surface area contributed by atoms with Gasteiger partial charge in [-0.2, -0.15) is 0 Å². The molecule has 0 amide bonds. The molecule has 3 heterocycles. The van der Waals surface area contributed by atoms with E-state index in [2.05, 4.69) is 169 Å². The molecule has 0 aliphatic rings. The summed E-state index contributed by atoms with van der Waals surface area (Å²) < 4.78 is 11.4. The van der Waals surface area contributed by atoms with Crippen molar-refractivity contribution < 1.29 is 4.42 Å². The zero-order chi connectivity index (χ0) is 34.2. The zero-order valence-corrected chi connectivity index (χ0v) is 29.5. The summed E-state index contributed by atoms with van der Waals surface area (Å²) in [5.74, 6) is 0. The summed E-state index contributed by atoms with van der Waals surface area (Å²) in [4.78, 5) is 2.43. The second kappa shape index (κ2) is 11.7. The maximum atomic E-state index is 6.16. The molecule has 0 saturated heterocycles. The molecule has 52 heavy (non-hydrogen) atoms. The van der Waals surface area contributed by atoms with Crippen LogP contribution in [0.15, 0.2) is 180 Å². The van der Waals surface area contributed by atoms with E-state index in [0.717, 1.165) is 44.4 Å². The Morgan fingerprint density at radius 2 is 1.04 bits per heavy atom. The van der Waals surface area contributed by atoms with Crippen molar-refractivity contribution in [2.75, 3.05) is 4.90 Å². The van der Waals surface area contributed by atoms with Crippen LogP contribution in [0.1, 0.15) is 0 Å². The number of benzene rings is 8. The lowest BCUT2D eigenvalue weighted by Gasteiger charge is -2.27. The molecule has 244 valence electrons. The molecule has 2 nitrogen and oxygen atoms in total. The van der Waals surface area contributed by atoms with E-state index in [9.17, 15) is 0 Å². The number of para-hydroxylation sites is 1. The summed E-state index contributed by atoms with van der Waals surface area (Å²) in [5.41, 5.74) is 10.0. The summed E-state index contributed by atoms with van der Waals surface area (Å²) in [6.45, 7) is 0. The van der Waals surface area contributed by atoms with Crippen LogP contribution in [0.4, 0.5) is 17.1 Å². The number of nitrogens with zero attached hydrogens (tertiary/aromatic N) is 1. The van der Waals surface area contributed by atoms with Gasteiger partial charge in [0, 0.05) is 57.8 Å². The molecule has 11 aromatic rings. The third kappa shape index (κ3) is 4.62. The Balaban J connectivity index is 1.09. The molecule has 3 aromatic heterocycles. The summed E-state index contributed by atoms with van der Waals surface area (Å²) in [7, 11) is 0. The fraction of sp³-hybridized carbons (Fsp3) is 0. The highest BCUT2D eigenvalue weighted by molar-refractivity contribution is 7.26. The van der Waals surface area contributed by atoms with E-state index in [1.54, 1.807) is 0 Å². The van der Waals surface area contributed by atoms with Gasteiger partial charge in [0.2, 0.25) is 0 Å². The maximum Gasteiger partial charge on any atom is 0.135 e. The van der Waals surface area contributed by atoms with Gasteiger partial charge < -0.3 is 9.32 Å². The molecule has 0 N–H and O–H groups in total. The molecule has 4 heteroatoms. The van der Waals surface area contributed by atoms with E-state index < -0.39 is 0 Å². The van der Waals surface area contributed by atoms with Crippen molar-refractivity contribution in [1.82, 2.24) is 0 Å². The fourth-order valence-electron chi connectivity index (χ4n) is 7.87. The normalized spacial score (nSPS) is 11.8. The first-order chi connectivity index (χ1) is 25.8. The molecule has 8 aromatic carbocycles. The van der Waals surface area contributed by atoms with Gasteiger partial charge in [-0.05, 0) is 89.0 Å².